The van der Waals surface area contributed by atoms with Crippen LogP contribution in [0.3, 0.4) is 0 Å². The van der Waals surface area contributed by atoms with E-state index < -0.39 is 24.3 Å². The van der Waals surface area contributed by atoms with Gasteiger partial charge in [0.15, 0.2) is 6.61 Å². The van der Waals surface area contributed by atoms with Gasteiger partial charge in [-0.1, -0.05) is 60.7 Å². The number of ether oxygens (including phenoxy) is 1. The van der Waals surface area contributed by atoms with Crippen LogP contribution < -0.4 is 5.32 Å². The van der Waals surface area contributed by atoms with E-state index in [1.807, 2.05) is 54.6 Å². The highest BCUT2D eigenvalue weighted by molar-refractivity contribution is 6.16. The second-order valence-electron chi connectivity index (χ2n) is 6.30. The number of nitrogens with one attached hydrogen (secondary N) is 1. The van der Waals surface area contributed by atoms with Gasteiger partial charge >= 0.3 is 5.97 Å². The number of hydrogen-bond donors (Lipinski definition) is 1. The van der Waals surface area contributed by atoms with Crippen molar-refractivity contribution in [2.45, 2.75) is 0 Å². The average Bonchev–Trinajstić information content (AvgIpc) is 2.72. The number of esters is 1. The summed E-state index contributed by atoms with van der Waals surface area (Å²) >= 11 is 0. The Kier molecular flexibility index (Phi) is 4.72. The van der Waals surface area contributed by atoms with Crippen LogP contribution in [0.1, 0.15) is 10.4 Å². The van der Waals surface area contributed by atoms with Gasteiger partial charge in [-0.05, 0) is 39.7 Å². The van der Waals surface area contributed by atoms with E-state index in [0.717, 1.165) is 21.5 Å². The summed E-state index contributed by atoms with van der Waals surface area (Å²) in [5.41, 5.74) is 0.451. The molecule has 0 saturated heterocycles. The van der Waals surface area contributed by atoms with Gasteiger partial charge in [0, 0.05) is 0 Å². The highest BCUT2D eigenvalue weighted by Gasteiger charge is 2.17. The molecule has 0 aliphatic rings. The van der Waals surface area contributed by atoms with E-state index in [-0.39, 0.29) is 5.69 Å². The molecule has 4 aromatic carbocycles. The molecule has 0 spiro atoms. The summed E-state index contributed by atoms with van der Waals surface area (Å²) in [5, 5.41) is 5.71. The van der Waals surface area contributed by atoms with E-state index in [4.69, 9.17) is 4.74 Å². The normalized spacial score (nSPS) is 10.8. The maximum Gasteiger partial charge on any atom is 0.339 e. The summed E-state index contributed by atoms with van der Waals surface area (Å²) in [4.78, 5) is 24.9. The lowest BCUT2D eigenvalue weighted by Crippen LogP contribution is -2.21. The maximum absolute atomic E-state index is 13.6. The fraction of sp³-hybridized carbons (Fsp3) is 0.0435. The second-order valence-corrected chi connectivity index (χ2v) is 6.30. The Bertz CT molecular complexity index is 1150. The van der Waals surface area contributed by atoms with Crippen LogP contribution in [-0.4, -0.2) is 18.5 Å². The largest absolute Gasteiger partial charge is 0.452 e. The number of para-hydroxylation sites is 1. The van der Waals surface area contributed by atoms with Crippen molar-refractivity contribution in [3.8, 4) is 0 Å². The summed E-state index contributed by atoms with van der Waals surface area (Å²) in [7, 11) is 0. The first-order chi connectivity index (χ1) is 13.6. The van der Waals surface area contributed by atoms with Crippen molar-refractivity contribution in [1.82, 2.24) is 0 Å². The quantitative estimate of drug-likeness (QED) is 0.408. The van der Waals surface area contributed by atoms with E-state index in [0.29, 0.717) is 5.56 Å². The third kappa shape index (κ3) is 3.42. The summed E-state index contributed by atoms with van der Waals surface area (Å²) in [6, 6.07) is 22.8. The van der Waals surface area contributed by atoms with Crippen molar-refractivity contribution in [3.05, 3.63) is 90.2 Å². The molecule has 0 aromatic heterocycles. The molecular weight excluding hydrogens is 357 g/mol. The van der Waals surface area contributed by atoms with Crippen LogP contribution in [0.15, 0.2) is 78.9 Å². The summed E-state index contributed by atoms with van der Waals surface area (Å²) in [6.07, 6.45) is 0. The molecule has 0 saturated carbocycles. The summed E-state index contributed by atoms with van der Waals surface area (Å²) < 4.78 is 18.9. The lowest BCUT2D eigenvalue weighted by Gasteiger charge is -2.11. The molecule has 28 heavy (non-hydrogen) atoms. The van der Waals surface area contributed by atoms with Crippen molar-refractivity contribution < 1.29 is 18.7 Å². The second kappa shape index (κ2) is 7.48. The Morgan fingerprint density at radius 3 is 2.04 bits per heavy atom. The molecule has 4 aromatic rings. The van der Waals surface area contributed by atoms with Gasteiger partial charge in [0.2, 0.25) is 0 Å². The van der Waals surface area contributed by atoms with Gasteiger partial charge in [0.1, 0.15) is 5.82 Å². The highest BCUT2D eigenvalue weighted by Crippen LogP contribution is 2.29. The molecule has 0 radical (unpaired) electrons. The van der Waals surface area contributed by atoms with Crippen molar-refractivity contribution in [3.63, 3.8) is 0 Å². The molecule has 0 fully saturated rings. The van der Waals surface area contributed by atoms with Crippen LogP contribution in [0.5, 0.6) is 0 Å². The van der Waals surface area contributed by atoms with Gasteiger partial charge in [-0.3, -0.25) is 4.79 Å². The average molecular weight is 373 g/mol. The fourth-order valence-corrected chi connectivity index (χ4v) is 3.19. The molecule has 0 unspecified atom stereocenters. The molecule has 0 aliphatic heterocycles. The van der Waals surface area contributed by atoms with Gasteiger partial charge in [-0.2, -0.15) is 0 Å². The first-order valence-corrected chi connectivity index (χ1v) is 8.75. The molecular formula is C23H16FNO3. The Morgan fingerprint density at radius 1 is 0.821 bits per heavy atom. The zero-order valence-electron chi connectivity index (χ0n) is 14.8. The topological polar surface area (TPSA) is 55.4 Å². The minimum Gasteiger partial charge on any atom is -0.452 e. The van der Waals surface area contributed by atoms with E-state index >= 15 is 0 Å². The summed E-state index contributed by atoms with van der Waals surface area (Å²) in [5.74, 6) is -1.76. The molecule has 5 heteroatoms. The number of fused-ring (bicyclic) bond motifs is 2. The first-order valence-electron chi connectivity index (χ1n) is 8.75. The monoisotopic (exact) mass is 373 g/mol. The summed E-state index contributed by atoms with van der Waals surface area (Å²) in [6.45, 7) is -0.509. The highest BCUT2D eigenvalue weighted by atomic mass is 19.1. The van der Waals surface area contributed by atoms with Gasteiger partial charge < -0.3 is 10.1 Å². The molecule has 1 amide bonds. The number of hydrogen-bond acceptors (Lipinski definition) is 3. The fourth-order valence-electron chi connectivity index (χ4n) is 3.19. The van der Waals surface area contributed by atoms with E-state index in [1.165, 1.54) is 18.2 Å². The number of benzene rings is 4. The lowest BCUT2D eigenvalue weighted by atomic mass is 9.97. The van der Waals surface area contributed by atoms with Crippen LogP contribution in [0, 0.1) is 5.82 Å². The molecule has 4 nitrogen and oxygen atoms in total. The van der Waals surface area contributed by atoms with E-state index in [1.54, 1.807) is 6.07 Å². The zero-order chi connectivity index (χ0) is 19.5. The van der Waals surface area contributed by atoms with Crippen LogP contribution in [0.4, 0.5) is 10.1 Å². The van der Waals surface area contributed by atoms with E-state index in [2.05, 4.69) is 5.32 Å². The van der Waals surface area contributed by atoms with Gasteiger partial charge in [0.05, 0.1) is 11.3 Å². The number of rotatable bonds is 4. The maximum atomic E-state index is 13.6. The number of carbonyl (C=O) groups is 2. The molecule has 0 aliphatic carbocycles. The minimum absolute atomic E-state index is 0.0409. The Morgan fingerprint density at radius 2 is 1.39 bits per heavy atom. The number of anilines is 1. The number of halogens is 1. The Hall–Kier alpha value is -3.73. The van der Waals surface area contributed by atoms with Crippen LogP contribution in [-0.2, 0) is 9.53 Å². The Labute approximate surface area is 160 Å². The van der Waals surface area contributed by atoms with Crippen LogP contribution in [0.2, 0.25) is 0 Å². The van der Waals surface area contributed by atoms with Gasteiger partial charge in [-0.15, -0.1) is 0 Å². The third-order valence-corrected chi connectivity index (χ3v) is 4.46. The van der Waals surface area contributed by atoms with Crippen molar-refractivity contribution in [2.24, 2.45) is 0 Å². The Balaban J connectivity index is 1.60. The number of amides is 1. The number of carbonyl (C=O) groups excluding carboxylic acids is 2. The minimum atomic E-state index is -0.608. The molecule has 0 heterocycles. The van der Waals surface area contributed by atoms with Crippen molar-refractivity contribution in [1.29, 1.82) is 0 Å². The molecule has 0 bridgehead atoms. The van der Waals surface area contributed by atoms with E-state index in [9.17, 15) is 14.0 Å². The predicted molar refractivity (Wildman–Crippen MR) is 107 cm³/mol. The van der Waals surface area contributed by atoms with Crippen LogP contribution in [0.25, 0.3) is 21.5 Å². The lowest BCUT2D eigenvalue weighted by molar-refractivity contribution is -0.119. The predicted octanol–water partition coefficient (Wildman–Crippen LogP) is 4.93. The molecule has 1 N–H and O–H groups in total. The SMILES string of the molecule is O=C(COC(=O)c1c2ccccc2cc2ccccc12)Nc1ccccc1F. The van der Waals surface area contributed by atoms with Gasteiger partial charge in [0.25, 0.3) is 5.91 Å². The standard InChI is InChI=1S/C23H16FNO3/c24-19-11-5-6-12-20(19)25-21(26)14-28-23(27)22-17-9-3-1-7-15(17)13-16-8-2-4-10-18(16)22/h1-13H,14H2,(H,25,26). The van der Waals surface area contributed by atoms with Crippen molar-refractivity contribution >= 4 is 39.1 Å². The molecule has 4 rings (SSSR count). The zero-order valence-corrected chi connectivity index (χ0v) is 14.8. The third-order valence-electron chi connectivity index (χ3n) is 4.46. The van der Waals surface area contributed by atoms with Crippen LogP contribution >= 0.6 is 0 Å². The van der Waals surface area contributed by atoms with Crippen molar-refractivity contribution in [2.75, 3.05) is 11.9 Å². The molecule has 0 atom stereocenters. The first kappa shape index (κ1) is 17.7. The molecule has 138 valence electrons. The van der Waals surface area contributed by atoms with Gasteiger partial charge in [-0.25, -0.2) is 9.18 Å². The smallest absolute Gasteiger partial charge is 0.339 e.